The van der Waals surface area contributed by atoms with Crippen molar-refractivity contribution in [2.75, 3.05) is 59.5 Å². The summed E-state index contributed by atoms with van der Waals surface area (Å²) in [7, 11) is 1.55. The number of hydrogen-bond donors (Lipinski definition) is 0. The lowest BCUT2D eigenvalue weighted by Gasteiger charge is -2.35. The molecule has 23 heavy (non-hydrogen) atoms. The van der Waals surface area contributed by atoms with Gasteiger partial charge in [0, 0.05) is 52.8 Å². The molecule has 2 fully saturated rings. The average Bonchev–Trinajstić information content (AvgIpc) is 2.60. The molecule has 2 amide bonds. The Morgan fingerprint density at radius 2 is 1.57 bits per heavy atom. The third-order valence-electron chi connectivity index (χ3n) is 5.17. The van der Waals surface area contributed by atoms with E-state index >= 15 is 0 Å². The van der Waals surface area contributed by atoms with Crippen molar-refractivity contribution < 1.29 is 14.3 Å². The summed E-state index contributed by atoms with van der Waals surface area (Å²) in [6.45, 7) is 8.76. The van der Waals surface area contributed by atoms with Crippen LogP contribution < -0.4 is 0 Å². The molecule has 132 valence electrons. The molecule has 0 aromatic carbocycles. The van der Waals surface area contributed by atoms with Gasteiger partial charge in [0.2, 0.25) is 11.8 Å². The summed E-state index contributed by atoms with van der Waals surface area (Å²) in [5.74, 6) is 0.955. The second-order valence-electron chi connectivity index (χ2n) is 6.61. The van der Waals surface area contributed by atoms with Crippen LogP contribution in [0.1, 0.15) is 32.6 Å². The van der Waals surface area contributed by atoms with Crippen LogP contribution in [0.5, 0.6) is 0 Å². The van der Waals surface area contributed by atoms with Gasteiger partial charge in [0.15, 0.2) is 0 Å². The number of rotatable bonds is 6. The number of amides is 2. The topological polar surface area (TPSA) is 53.1 Å². The molecule has 0 N–H and O–H groups in total. The summed E-state index contributed by atoms with van der Waals surface area (Å²) in [5, 5.41) is 0. The predicted molar refractivity (Wildman–Crippen MR) is 89.1 cm³/mol. The molecule has 0 spiro atoms. The maximum atomic E-state index is 12.3. The summed E-state index contributed by atoms with van der Waals surface area (Å²) in [6, 6.07) is 0. The molecule has 0 radical (unpaired) electrons. The normalized spacial score (nSPS) is 20.8. The first kappa shape index (κ1) is 18.2. The SMILES string of the molecule is CCN1CCN(C(=O)CCC2CCN(C(=O)COC)CC2)CC1. The van der Waals surface area contributed by atoms with E-state index in [1.54, 1.807) is 7.11 Å². The van der Waals surface area contributed by atoms with Crippen LogP contribution in [0, 0.1) is 5.92 Å². The number of ether oxygens (including phenoxy) is 1. The van der Waals surface area contributed by atoms with Crippen LogP contribution in [-0.4, -0.2) is 86.0 Å². The molecule has 2 saturated heterocycles. The standard InChI is InChI=1S/C17H31N3O3/c1-3-18-10-12-20(13-11-18)16(21)5-4-15-6-8-19(9-7-15)17(22)14-23-2/h15H,3-14H2,1-2H3. The third-order valence-corrected chi connectivity index (χ3v) is 5.17. The van der Waals surface area contributed by atoms with Crippen LogP contribution in [-0.2, 0) is 14.3 Å². The Bertz CT molecular complexity index is 387. The average molecular weight is 325 g/mol. The first-order chi connectivity index (χ1) is 11.1. The number of piperazine rings is 1. The number of nitrogens with zero attached hydrogens (tertiary/aromatic N) is 3. The summed E-state index contributed by atoms with van der Waals surface area (Å²) in [6.07, 6.45) is 3.63. The van der Waals surface area contributed by atoms with E-state index in [1.165, 1.54) is 0 Å². The number of likely N-dealkylation sites (tertiary alicyclic amines) is 1. The van der Waals surface area contributed by atoms with E-state index in [0.29, 0.717) is 18.2 Å². The highest BCUT2D eigenvalue weighted by Gasteiger charge is 2.25. The minimum absolute atomic E-state index is 0.0795. The first-order valence-electron chi connectivity index (χ1n) is 8.90. The molecule has 0 unspecified atom stereocenters. The van der Waals surface area contributed by atoms with Crippen LogP contribution in [0.4, 0.5) is 0 Å². The highest BCUT2D eigenvalue weighted by Crippen LogP contribution is 2.22. The second-order valence-corrected chi connectivity index (χ2v) is 6.61. The Hall–Kier alpha value is -1.14. The van der Waals surface area contributed by atoms with Gasteiger partial charge in [-0.1, -0.05) is 6.92 Å². The van der Waals surface area contributed by atoms with Crippen molar-refractivity contribution in [3.8, 4) is 0 Å². The van der Waals surface area contributed by atoms with Gasteiger partial charge >= 0.3 is 0 Å². The van der Waals surface area contributed by atoms with E-state index in [9.17, 15) is 9.59 Å². The van der Waals surface area contributed by atoms with Crippen molar-refractivity contribution >= 4 is 11.8 Å². The molecule has 2 aliphatic rings. The van der Waals surface area contributed by atoms with E-state index < -0.39 is 0 Å². The molecule has 6 heteroatoms. The molecule has 0 aromatic heterocycles. The van der Waals surface area contributed by atoms with Gasteiger partial charge < -0.3 is 19.4 Å². The Morgan fingerprint density at radius 1 is 0.957 bits per heavy atom. The summed E-state index contributed by atoms with van der Waals surface area (Å²) in [5.41, 5.74) is 0. The number of likely N-dealkylation sites (N-methyl/N-ethyl adjacent to an activating group) is 1. The molecule has 0 bridgehead atoms. The largest absolute Gasteiger partial charge is 0.375 e. The van der Waals surface area contributed by atoms with E-state index in [-0.39, 0.29) is 12.5 Å². The number of carbonyl (C=O) groups excluding carboxylic acids is 2. The van der Waals surface area contributed by atoms with Crippen LogP contribution in [0.3, 0.4) is 0 Å². The molecular weight excluding hydrogens is 294 g/mol. The number of carbonyl (C=O) groups is 2. The van der Waals surface area contributed by atoms with Gasteiger partial charge in [0.25, 0.3) is 0 Å². The van der Waals surface area contributed by atoms with Crippen molar-refractivity contribution in [2.45, 2.75) is 32.6 Å². The van der Waals surface area contributed by atoms with Gasteiger partial charge in [-0.3, -0.25) is 9.59 Å². The van der Waals surface area contributed by atoms with E-state index in [0.717, 1.165) is 65.1 Å². The lowest BCUT2D eigenvalue weighted by molar-refractivity contribution is -0.137. The van der Waals surface area contributed by atoms with Gasteiger partial charge in [-0.15, -0.1) is 0 Å². The van der Waals surface area contributed by atoms with Crippen LogP contribution in [0.15, 0.2) is 0 Å². The number of piperidine rings is 1. The molecule has 0 atom stereocenters. The van der Waals surface area contributed by atoms with Crippen molar-refractivity contribution in [1.82, 2.24) is 14.7 Å². The second kappa shape index (κ2) is 9.23. The smallest absolute Gasteiger partial charge is 0.248 e. The van der Waals surface area contributed by atoms with Crippen molar-refractivity contribution in [3.63, 3.8) is 0 Å². The van der Waals surface area contributed by atoms with E-state index in [4.69, 9.17) is 4.74 Å². The molecule has 6 nitrogen and oxygen atoms in total. The molecular formula is C17H31N3O3. The maximum Gasteiger partial charge on any atom is 0.248 e. The number of methoxy groups -OCH3 is 1. The molecule has 0 aromatic rings. The van der Waals surface area contributed by atoms with Crippen molar-refractivity contribution in [2.24, 2.45) is 5.92 Å². The highest BCUT2D eigenvalue weighted by molar-refractivity contribution is 5.77. The molecule has 0 saturated carbocycles. The molecule has 2 rings (SSSR count). The van der Waals surface area contributed by atoms with Gasteiger partial charge in [0.05, 0.1) is 0 Å². The summed E-state index contributed by atoms with van der Waals surface area (Å²) in [4.78, 5) is 30.4. The Morgan fingerprint density at radius 3 is 2.13 bits per heavy atom. The zero-order chi connectivity index (χ0) is 16.7. The van der Waals surface area contributed by atoms with E-state index in [2.05, 4.69) is 11.8 Å². The first-order valence-corrected chi connectivity index (χ1v) is 8.90. The number of hydrogen-bond acceptors (Lipinski definition) is 4. The van der Waals surface area contributed by atoms with Gasteiger partial charge in [-0.05, 0) is 31.7 Å². The van der Waals surface area contributed by atoms with Gasteiger partial charge in [-0.2, -0.15) is 0 Å². The van der Waals surface area contributed by atoms with Crippen LogP contribution in [0.2, 0.25) is 0 Å². The van der Waals surface area contributed by atoms with Gasteiger partial charge in [-0.25, -0.2) is 0 Å². The lowest BCUT2D eigenvalue weighted by Crippen LogP contribution is -2.48. The van der Waals surface area contributed by atoms with Crippen LogP contribution in [0.25, 0.3) is 0 Å². The zero-order valence-electron chi connectivity index (χ0n) is 14.6. The quantitative estimate of drug-likeness (QED) is 0.725. The van der Waals surface area contributed by atoms with E-state index in [1.807, 2.05) is 9.80 Å². The Labute approximate surface area is 139 Å². The predicted octanol–water partition coefficient (Wildman–Crippen LogP) is 0.816. The Balaban J connectivity index is 1.63. The Kier molecular flexibility index (Phi) is 7.30. The highest BCUT2D eigenvalue weighted by atomic mass is 16.5. The monoisotopic (exact) mass is 325 g/mol. The fraction of sp³-hybridized carbons (Fsp3) is 0.882. The molecule has 2 heterocycles. The van der Waals surface area contributed by atoms with Gasteiger partial charge in [0.1, 0.15) is 6.61 Å². The van der Waals surface area contributed by atoms with Crippen molar-refractivity contribution in [3.05, 3.63) is 0 Å². The van der Waals surface area contributed by atoms with Crippen LogP contribution >= 0.6 is 0 Å². The zero-order valence-corrected chi connectivity index (χ0v) is 14.6. The van der Waals surface area contributed by atoms with Crippen molar-refractivity contribution in [1.29, 1.82) is 0 Å². The minimum Gasteiger partial charge on any atom is -0.375 e. The fourth-order valence-corrected chi connectivity index (χ4v) is 3.49. The minimum atomic E-state index is 0.0795. The lowest BCUT2D eigenvalue weighted by atomic mass is 9.92. The fourth-order valence-electron chi connectivity index (χ4n) is 3.49. The summed E-state index contributed by atoms with van der Waals surface area (Å²) >= 11 is 0. The maximum absolute atomic E-state index is 12.3. The molecule has 2 aliphatic heterocycles. The molecule has 0 aliphatic carbocycles. The third kappa shape index (κ3) is 5.46. The summed E-state index contributed by atoms with van der Waals surface area (Å²) < 4.78 is 4.90.